The summed E-state index contributed by atoms with van der Waals surface area (Å²) < 4.78 is 114. The third-order valence-corrected chi connectivity index (χ3v) is 30.2. The molecular formula is C99H153IN6O34S3. The van der Waals surface area contributed by atoms with Gasteiger partial charge in [-0.2, -0.15) is 5.48 Å². The summed E-state index contributed by atoms with van der Waals surface area (Å²) in [4.78, 5) is 128. The van der Waals surface area contributed by atoms with Crippen LogP contribution in [0.2, 0.25) is 0 Å². The normalized spacial score (nSPS) is 26.7. The molecule has 808 valence electrons. The van der Waals surface area contributed by atoms with Crippen molar-refractivity contribution in [3.05, 3.63) is 49.6 Å². The van der Waals surface area contributed by atoms with Crippen molar-refractivity contribution in [2.45, 2.75) is 292 Å². The van der Waals surface area contributed by atoms with E-state index in [-0.39, 0.29) is 138 Å². The number of aliphatic hydroxyl groups is 5. The fourth-order valence-electron chi connectivity index (χ4n) is 17.2. The first-order valence-corrected chi connectivity index (χ1v) is 53.4. The number of thioether (sulfide) groups is 1. The number of esters is 1. The number of methoxy groups -OCH3 is 5. The van der Waals surface area contributed by atoms with Crippen LogP contribution < -0.4 is 41.8 Å². The van der Waals surface area contributed by atoms with Crippen LogP contribution in [0.3, 0.4) is 0 Å². The lowest BCUT2D eigenvalue weighted by molar-refractivity contribution is -0.337. The summed E-state index contributed by atoms with van der Waals surface area (Å²) in [6, 6.07) is -3.17. The number of unbranched alkanes of at least 4 members (excludes halogenated alkanes) is 1. The number of hydroxylamine groups is 1. The fraction of sp³-hybridized carbons (Fsp3) is 0.747. The minimum atomic E-state index is -2.09. The van der Waals surface area contributed by atoms with Crippen molar-refractivity contribution in [3.8, 4) is 40.9 Å². The molecule has 2 aliphatic carbocycles. The molecule has 6 aliphatic rings. The summed E-state index contributed by atoms with van der Waals surface area (Å²) >= 11 is 2.80. The molecule has 7 rings (SSSR count). The maximum absolute atomic E-state index is 14.7. The van der Waals surface area contributed by atoms with Gasteiger partial charge in [-0.1, -0.05) is 104 Å². The van der Waals surface area contributed by atoms with Gasteiger partial charge in [-0.15, -0.1) is 0 Å². The van der Waals surface area contributed by atoms with E-state index in [1.807, 2.05) is 62.1 Å². The highest BCUT2D eigenvalue weighted by molar-refractivity contribution is 14.1. The molecule has 40 nitrogen and oxygen atoms in total. The number of nitrogens with one attached hydrogen (secondary N) is 3. The molecule has 0 saturated carbocycles. The molecular weight excluding hydrogens is 2040 g/mol. The van der Waals surface area contributed by atoms with E-state index in [4.69, 9.17) is 106 Å². The Morgan fingerprint density at radius 3 is 1.88 bits per heavy atom. The van der Waals surface area contributed by atoms with E-state index in [1.54, 1.807) is 44.6 Å². The molecule has 143 heavy (non-hydrogen) atoms. The number of urea groups is 1. The molecule has 3 amide bonds. The average molecular weight is 2190 g/mol. The van der Waals surface area contributed by atoms with Crippen molar-refractivity contribution in [2.75, 3.05) is 167 Å². The predicted octanol–water partition coefficient (Wildman–Crippen LogP) is 5.99. The number of hydrogen-bond acceptors (Lipinski definition) is 40. The topological polar surface area (TPSA) is 531 Å². The second kappa shape index (κ2) is 65.9. The van der Waals surface area contributed by atoms with E-state index in [9.17, 15) is 68.7 Å². The van der Waals surface area contributed by atoms with Gasteiger partial charge in [0.05, 0.1) is 190 Å². The highest BCUT2D eigenvalue weighted by Crippen LogP contribution is 2.50. The van der Waals surface area contributed by atoms with Crippen molar-refractivity contribution in [1.29, 1.82) is 0 Å². The van der Waals surface area contributed by atoms with E-state index >= 15 is 0 Å². The van der Waals surface area contributed by atoms with Crippen LogP contribution in [0.1, 0.15) is 175 Å². The number of allylic oxidation sites excluding steroid dienone is 2. The van der Waals surface area contributed by atoms with Crippen LogP contribution in [-0.2, 0) is 114 Å². The van der Waals surface area contributed by atoms with E-state index in [0.29, 0.717) is 165 Å². The second-order valence-corrected chi connectivity index (χ2v) is 41.3. The monoisotopic (exact) mass is 2190 g/mol. The number of halogens is 1. The molecule has 0 spiro atoms. The van der Waals surface area contributed by atoms with Gasteiger partial charge in [0.2, 0.25) is 23.1 Å². The number of carbonyl (C=O) groups excluding carboxylic acids is 9. The number of amides is 3. The zero-order chi connectivity index (χ0) is 105. The van der Waals surface area contributed by atoms with E-state index < -0.39 is 169 Å². The lowest BCUT2D eigenvalue weighted by atomic mass is 9.72. The van der Waals surface area contributed by atoms with Gasteiger partial charge in [-0.05, 0) is 132 Å². The highest BCUT2D eigenvalue weighted by Gasteiger charge is 2.53. The van der Waals surface area contributed by atoms with Crippen molar-refractivity contribution in [1.82, 2.24) is 21.0 Å². The number of hydrogen-bond donors (Lipinski definition) is 10. The van der Waals surface area contributed by atoms with Crippen LogP contribution in [0.25, 0.3) is 0 Å². The lowest BCUT2D eigenvalue weighted by Gasteiger charge is -2.47. The van der Waals surface area contributed by atoms with Crippen LogP contribution >= 0.6 is 55.9 Å². The summed E-state index contributed by atoms with van der Waals surface area (Å²) in [5.41, 5.74) is 12.4. The Hall–Kier alpha value is -5.99. The van der Waals surface area contributed by atoms with Crippen molar-refractivity contribution in [3.63, 3.8) is 0 Å². The fourth-order valence-corrected chi connectivity index (χ4v) is 20.8. The molecule has 22 atom stereocenters. The Morgan fingerprint density at radius 2 is 1.31 bits per heavy atom. The molecule has 4 fully saturated rings. The summed E-state index contributed by atoms with van der Waals surface area (Å²) in [7, 11) is 9.85. The molecule has 2 bridgehead atoms. The van der Waals surface area contributed by atoms with Gasteiger partial charge in [0.15, 0.2) is 47.5 Å². The number of aliphatic hydroxyl groups excluding tert-OH is 4. The number of ketones is 5. The molecule has 0 aromatic heterocycles. The van der Waals surface area contributed by atoms with Crippen molar-refractivity contribution < 1.29 is 164 Å². The molecule has 4 heterocycles. The average Bonchev–Trinajstić information content (AvgIpc) is 0.744. The third kappa shape index (κ3) is 39.7. The Bertz CT molecular complexity index is 4390. The largest absolute Gasteiger partial charge is 0.492 e. The summed E-state index contributed by atoms with van der Waals surface area (Å²) in [6.07, 6.45) is -10.8. The van der Waals surface area contributed by atoms with Crippen molar-refractivity contribution in [2.24, 2.45) is 29.2 Å². The molecule has 1 aromatic rings. The number of nitrogens with zero attached hydrogens (tertiary/aromatic N) is 1. The first-order valence-electron chi connectivity index (χ1n) is 49.0. The van der Waals surface area contributed by atoms with E-state index in [2.05, 4.69) is 39.8 Å². The van der Waals surface area contributed by atoms with Crippen LogP contribution in [0.5, 0.6) is 17.2 Å². The Balaban J connectivity index is 0.853. The zero-order valence-electron chi connectivity index (χ0n) is 85.0. The second-order valence-electron chi connectivity index (χ2n) is 36.1. The molecule has 0 radical (unpaired) electrons. The number of likely N-dealkylation sites (N-methyl/N-ethyl adjacent to an activating group) is 1. The SMILES string of the molecule is CCN(CC(=O)CCCOCCOCCOCCOCCOCCOCCOCCCC(=O)[C@H](CCCNC(N)=O)CC(=O)[C@@H](NC(=O)[C@H](CCCCN)CC(C)=O)C(C)C)[C@H]1CO[C@@H](O[C@H]2[C@H](O[C@H]3C#C/C=C\C#C[C@]4(O)CC(=O)C(CC(=O)OC)=C3/C4=C\CSSC(C)C)O[C@H](C)[C@@H](NO[C@H]3C[C@H](O)[C@H](SC(=O)c4c(C)c(I)c(O[C@@H]5O[C@@H](C)[C@H](O)[C@@H](OC)[C@H]5O)c(OC)c4OC)[C@@H](C)O3)[C@@H]2O)C[C@@H]1OC. The summed E-state index contributed by atoms with van der Waals surface area (Å²) in [6.45, 7) is 23.4. The molecule has 12 N–H and O–H groups in total. The van der Waals surface area contributed by atoms with Gasteiger partial charge in [-0.3, -0.25) is 43.3 Å². The number of rotatable bonds is 68. The first-order chi connectivity index (χ1) is 68.5. The van der Waals surface area contributed by atoms with Gasteiger partial charge in [0, 0.05) is 112 Å². The number of nitrogens with two attached hydrogens (primary N) is 2. The number of benzene rings is 1. The maximum atomic E-state index is 14.7. The molecule has 4 saturated heterocycles. The van der Waals surface area contributed by atoms with Gasteiger partial charge < -0.3 is 142 Å². The van der Waals surface area contributed by atoms with E-state index in [1.165, 1.54) is 65.4 Å². The van der Waals surface area contributed by atoms with Crippen LogP contribution in [-0.4, -0.2) is 375 Å². The predicted molar refractivity (Wildman–Crippen MR) is 539 cm³/mol. The number of primary amides is 1. The maximum Gasteiger partial charge on any atom is 0.312 e. The number of carbonyl (C=O) groups is 9. The van der Waals surface area contributed by atoms with Gasteiger partial charge in [0.1, 0.15) is 54.0 Å². The summed E-state index contributed by atoms with van der Waals surface area (Å²) in [5.74, 6) is 8.28. The van der Waals surface area contributed by atoms with Gasteiger partial charge >= 0.3 is 12.0 Å². The number of ether oxygens (including phenoxy) is 19. The van der Waals surface area contributed by atoms with Crippen LogP contribution in [0.4, 0.5) is 4.79 Å². The number of fused-ring (bicyclic) bond motifs is 2. The van der Waals surface area contributed by atoms with Crippen molar-refractivity contribution >= 4 is 108 Å². The quantitative estimate of drug-likeness (QED) is 0.00893. The Labute approximate surface area is 865 Å². The molecule has 4 aliphatic heterocycles. The van der Waals surface area contributed by atoms with Crippen LogP contribution in [0, 0.1) is 51.9 Å². The first kappa shape index (κ1) is 124. The smallest absolute Gasteiger partial charge is 0.312 e. The Morgan fingerprint density at radius 1 is 0.692 bits per heavy atom. The van der Waals surface area contributed by atoms with E-state index in [0.717, 1.165) is 11.8 Å². The standard InChI is InChI=1S/C99H153IN6O34S3/c1-16-106(56-67(108)28-24-35-126-37-39-128-41-43-130-45-47-132-48-46-131-44-42-129-40-38-127-36-25-29-71(109)65(27-23-34-103-98(102)119)51-72(110)83(58(2)3)104-94(117)66(50-60(6)107)26-20-22-33-101)70-57-133-78(54-76(70)121-11)138-91-86(115)84(62(8)135-97(91)137-75-30-19-17-18-21-32-99(120)55-74(112)68(52-77(113)122-12)81(75)69(99)31-49-141-143-59(4)5)105-140-79-53-73(111)93(64(10)134-79)142-95(118)80-61(7)82(100)89(92(125-15)88(80)123-13)139-96-87(116)90(124-14)85(114)63(9)136-96/h17-18,31,58-59,62-66,70,73,75-76,78-79,83-87,90-91,93,96-97,105,111,114-116,120H,16,20,22-29,33-57,101H2,1-15H3,(H,104,117)(H3,102,103,119)/b18-17-,69-31+/t62-,63+,64-,65-,66-,70+,73+,75+,76+,78+,79+,83+,84-,85+,86+,87-,90-,91-,93-,96+,97+,99+/m1/s1. The molecule has 1 aromatic carbocycles. The Kier molecular flexibility index (Phi) is 57.1. The van der Waals surface area contributed by atoms with Crippen LogP contribution in [0.15, 0.2) is 34.9 Å². The highest BCUT2D eigenvalue weighted by atomic mass is 127. The third-order valence-electron chi connectivity index (χ3n) is 24.8. The zero-order valence-corrected chi connectivity index (χ0v) is 89.6. The summed E-state index contributed by atoms with van der Waals surface area (Å²) in [5, 5.41) is 63.5. The molecule has 0 unspecified atom stereocenters. The lowest BCUT2D eigenvalue weighted by Crippen LogP contribution is -2.65. The van der Waals surface area contributed by atoms with Gasteiger partial charge in [-0.25, -0.2) is 4.79 Å². The molecule has 44 heteroatoms. The minimum Gasteiger partial charge on any atom is -0.492 e. The van der Waals surface area contributed by atoms with Gasteiger partial charge in [0.25, 0.3) is 0 Å². The number of Topliss-reactive ketones (excluding diaryl/α,β-unsaturated/α-hetero) is 5. The minimum absolute atomic E-state index is 0.000306.